The molecule has 32 heavy (non-hydrogen) atoms. The molecule has 0 saturated carbocycles. The van der Waals surface area contributed by atoms with E-state index >= 15 is 0 Å². The van der Waals surface area contributed by atoms with Crippen molar-refractivity contribution in [3.05, 3.63) is 88.3 Å². The zero-order chi connectivity index (χ0) is 22.5. The predicted octanol–water partition coefficient (Wildman–Crippen LogP) is 2.73. The molecule has 0 spiro atoms. The number of aryl methyl sites for hydroxylation is 1. The molecule has 1 aliphatic rings. The number of nitrogens with one attached hydrogen (secondary N) is 1. The maximum atomic E-state index is 12.8. The van der Waals surface area contributed by atoms with Gasteiger partial charge in [-0.3, -0.25) is 14.4 Å². The molecule has 1 aliphatic heterocycles. The fourth-order valence-electron chi connectivity index (χ4n) is 3.98. The first-order valence-electron chi connectivity index (χ1n) is 10.8. The van der Waals surface area contributed by atoms with Crippen molar-refractivity contribution >= 4 is 11.8 Å². The summed E-state index contributed by atoms with van der Waals surface area (Å²) in [6, 6.07) is 20.4. The first-order valence-corrected chi connectivity index (χ1v) is 10.8. The minimum atomic E-state index is -0.252. The van der Waals surface area contributed by atoms with Crippen LogP contribution in [-0.4, -0.2) is 46.1 Å². The summed E-state index contributed by atoms with van der Waals surface area (Å²) >= 11 is 0. The quantitative estimate of drug-likeness (QED) is 0.675. The molecule has 1 atom stereocenters. The fourth-order valence-corrected chi connectivity index (χ4v) is 3.98. The maximum absolute atomic E-state index is 12.8. The largest absolute Gasteiger partial charge is 0.352 e. The first-order chi connectivity index (χ1) is 15.5. The summed E-state index contributed by atoms with van der Waals surface area (Å²) in [5, 5.41) is 7.06. The van der Waals surface area contributed by atoms with Crippen LogP contribution in [0.1, 0.15) is 33.7 Å². The summed E-state index contributed by atoms with van der Waals surface area (Å²) in [6.45, 7) is 1.70. The Morgan fingerprint density at radius 2 is 1.72 bits per heavy atom. The highest BCUT2D eigenvalue weighted by atomic mass is 16.2. The number of aromatic nitrogens is 2. The number of carbonyl (C=O) groups is 2. The molecule has 1 saturated heterocycles. The molecule has 0 bridgehead atoms. The van der Waals surface area contributed by atoms with E-state index in [1.165, 1.54) is 19.2 Å². The predicted molar refractivity (Wildman–Crippen MR) is 122 cm³/mol. The molecule has 0 aliphatic carbocycles. The van der Waals surface area contributed by atoms with Crippen molar-refractivity contribution in [2.75, 3.05) is 19.6 Å². The van der Waals surface area contributed by atoms with Gasteiger partial charge in [0.2, 0.25) is 0 Å². The van der Waals surface area contributed by atoms with Crippen molar-refractivity contribution in [1.29, 1.82) is 0 Å². The highest BCUT2D eigenvalue weighted by Gasteiger charge is 2.26. The third-order valence-electron chi connectivity index (χ3n) is 5.79. The monoisotopic (exact) mass is 430 g/mol. The van der Waals surface area contributed by atoms with Crippen molar-refractivity contribution in [1.82, 2.24) is 20.0 Å². The molecule has 1 N–H and O–H groups in total. The van der Waals surface area contributed by atoms with Crippen LogP contribution in [0, 0.1) is 5.92 Å². The number of hydrogen-bond acceptors (Lipinski definition) is 4. The van der Waals surface area contributed by atoms with Crippen LogP contribution in [0.5, 0.6) is 0 Å². The zero-order valence-electron chi connectivity index (χ0n) is 18.0. The lowest BCUT2D eigenvalue weighted by Crippen LogP contribution is -2.44. The molecule has 1 aromatic heterocycles. The highest BCUT2D eigenvalue weighted by Crippen LogP contribution is 2.20. The second kappa shape index (κ2) is 9.60. The molecule has 2 aromatic carbocycles. The average molecular weight is 431 g/mol. The van der Waals surface area contributed by atoms with Gasteiger partial charge in [0, 0.05) is 38.3 Å². The van der Waals surface area contributed by atoms with Crippen LogP contribution < -0.4 is 10.9 Å². The Morgan fingerprint density at radius 1 is 1.00 bits per heavy atom. The van der Waals surface area contributed by atoms with E-state index in [4.69, 9.17) is 0 Å². The molecule has 0 unspecified atom stereocenters. The number of likely N-dealkylation sites (tertiary alicyclic amines) is 1. The maximum Gasteiger partial charge on any atom is 0.274 e. The van der Waals surface area contributed by atoms with Crippen LogP contribution >= 0.6 is 0 Å². The van der Waals surface area contributed by atoms with Gasteiger partial charge in [-0.15, -0.1) is 0 Å². The lowest BCUT2D eigenvalue weighted by atomic mass is 9.97. The summed E-state index contributed by atoms with van der Waals surface area (Å²) in [5.41, 5.74) is 2.80. The fraction of sp³-hybridized carbons (Fsp3) is 0.280. The van der Waals surface area contributed by atoms with E-state index in [0.717, 1.165) is 28.7 Å². The molecule has 7 nitrogen and oxygen atoms in total. The normalized spacial score (nSPS) is 15.9. The van der Waals surface area contributed by atoms with Crippen molar-refractivity contribution in [2.24, 2.45) is 13.0 Å². The topological polar surface area (TPSA) is 84.3 Å². The van der Waals surface area contributed by atoms with Crippen molar-refractivity contribution in [3.63, 3.8) is 0 Å². The van der Waals surface area contributed by atoms with Gasteiger partial charge in [-0.2, -0.15) is 5.10 Å². The SMILES string of the molecule is Cn1nc(C(=O)N2CCC[C@H](CNC(=O)c3ccc(-c4ccccc4)cc3)C2)ccc1=O. The lowest BCUT2D eigenvalue weighted by Gasteiger charge is -2.32. The molecule has 4 rings (SSSR count). The molecule has 2 heterocycles. The van der Waals surface area contributed by atoms with Crippen LogP contribution in [0.15, 0.2) is 71.5 Å². The Balaban J connectivity index is 1.33. The van der Waals surface area contributed by atoms with Crippen molar-refractivity contribution in [2.45, 2.75) is 12.8 Å². The third kappa shape index (κ3) is 4.94. The minimum Gasteiger partial charge on any atom is -0.352 e. The molecular formula is C25H26N4O3. The molecule has 7 heteroatoms. The van der Waals surface area contributed by atoms with E-state index in [2.05, 4.69) is 10.4 Å². The van der Waals surface area contributed by atoms with Gasteiger partial charge < -0.3 is 10.2 Å². The number of piperidine rings is 1. The van der Waals surface area contributed by atoms with Crippen LogP contribution in [0.2, 0.25) is 0 Å². The number of carbonyl (C=O) groups excluding carboxylic acids is 2. The van der Waals surface area contributed by atoms with Gasteiger partial charge in [-0.1, -0.05) is 42.5 Å². The summed E-state index contributed by atoms with van der Waals surface area (Å²) < 4.78 is 1.16. The average Bonchev–Trinajstić information content (AvgIpc) is 2.84. The van der Waals surface area contributed by atoms with Gasteiger partial charge in [0.1, 0.15) is 5.69 Å². The molecule has 2 amide bonds. The Bertz CT molecular complexity index is 1160. The van der Waals surface area contributed by atoms with Gasteiger partial charge >= 0.3 is 0 Å². The highest BCUT2D eigenvalue weighted by molar-refractivity contribution is 5.94. The van der Waals surface area contributed by atoms with Gasteiger partial charge in [-0.05, 0) is 48.1 Å². The van der Waals surface area contributed by atoms with E-state index in [0.29, 0.717) is 25.2 Å². The first kappa shape index (κ1) is 21.5. The molecule has 3 aromatic rings. The summed E-state index contributed by atoms with van der Waals surface area (Å²) in [7, 11) is 1.53. The van der Waals surface area contributed by atoms with Crippen LogP contribution in [0.25, 0.3) is 11.1 Å². The lowest BCUT2D eigenvalue weighted by molar-refractivity contribution is 0.0662. The number of benzene rings is 2. The number of amides is 2. The molecule has 164 valence electrons. The Morgan fingerprint density at radius 3 is 2.44 bits per heavy atom. The summed E-state index contributed by atoms with van der Waals surface area (Å²) in [4.78, 5) is 38.7. The van der Waals surface area contributed by atoms with Crippen LogP contribution in [0.3, 0.4) is 0 Å². The van der Waals surface area contributed by atoms with Crippen molar-refractivity contribution < 1.29 is 9.59 Å². The third-order valence-corrected chi connectivity index (χ3v) is 5.79. The molecule has 0 radical (unpaired) electrons. The Hall–Kier alpha value is -3.74. The van der Waals surface area contributed by atoms with E-state index < -0.39 is 0 Å². The van der Waals surface area contributed by atoms with E-state index in [-0.39, 0.29) is 29.0 Å². The van der Waals surface area contributed by atoms with E-state index in [9.17, 15) is 14.4 Å². The van der Waals surface area contributed by atoms with Gasteiger partial charge in [0.15, 0.2) is 0 Å². The smallest absolute Gasteiger partial charge is 0.274 e. The number of nitrogens with zero attached hydrogens (tertiary/aromatic N) is 3. The molecule has 1 fully saturated rings. The Kier molecular flexibility index (Phi) is 6.44. The van der Waals surface area contributed by atoms with E-state index in [1.54, 1.807) is 4.90 Å². The van der Waals surface area contributed by atoms with Gasteiger partial charge in [0.25, 0.3) is 17.4 Å². The zero-order valence-corrected chi connectivity index (χ0v) is 18.0. The van der Waals surface area contributed by atoms with Crippen LogP contribution in [-0.2, 0) is 7.05 Å². The standard InChI is InChI=1S/C25H26N4O3/c1-28-23(30)14-13-22(27-28)25(32)29-15-5-6-18(17-29)16-26-24(31)21-11-9-20(10-12-21)19-7-3-2-4-8-19/h2-4,7-14,18H,5-6,15-17H2,1H3,(H,26,31)/t18-/m1/s1. The minimum absolute atomic E-state index is 0.118. The summed E-state index contributed by atoms with van der Waals surface area (Å²) in [5.74, 6) is -0.131. The number of hydrogen-bond donors (Lipinski definition) is 1. The van der Waals surface area contributed by atoms with Crippen molar-refractivity contribution in [3.8, 4) is 11.1 Å². The Labute approximate surface area is 186 Å². The van der Waals surface area contributed by atoms with Gasteiger partial charge in [-0.25, -0.2) is 4.68 Å². The second-order valence-corrected chi connectivity index (χ2v) is 8.09. The molecular weight excluding hydrogens is 404 g/mol. The van der Waals surface area contributed by atoms with E-state index in [1.807, 2.05) is 54.6 Å². The van der Waals surface area contributed by atoms with Gasteiger partial charge in [0.05, 0.1) is 0 Å². The van der Waals surface area contributed by atoms with Crippen LogP contribution in [0.4, 0.5) is 0 Å². The second-order valence-electron chi connectivity index (χ2n) is 8.09. The summed E-state index contributed by atoms with van der Waals surface area (Å²) in [6.07, 6.45) is 1.81. The number of rotatable bonds is 5.